The molecule has 1 rings (SSSR count). The Kier molecular flexibility index (Phi) is 8.58. The Balaban J connectivity index is 3.02. The Morgan fingerprint density at radius 1 is 1.23 bits per heavy atom. The average molecular weight is 441 g/mol. The van der Waals surface area contributed by atoms with Gasteiger partial charge >= 0.3 is 0 Å². The number of hydrogen-bond donors (Lipinski definition) is 1. The van der Waals surface area contributed by atoms with Crippen molar-refractivity contribution in [2.75, 3.05) is 22.9 Å². The lowest BCUT2D eigenvalue weighted by Gasteiger charge is -2.30. The van der Waals surface area contributed by atoms with Crippen molar-refractivity contribution < 1.29 is 13.2 Å². The molecular formula is C17H26Cl2N2O3S2. The summed E-state index contributed by atoms with van der Waals surface area (Å²) >= 11 is 13.7. The van der Waals surface area contributed by atoms with Crippen LogP contribution in [0.25, 0.3) is 0 Å². The number of hydrogen-bond acceptors (Lipinski definition) is 4. The molecule has 0 saturated carbocycles. The molecule has 1 N–H and O–H groups in total. The van der Waals surface area contributed by atoms with Crippen LogP contribution in [0.5, 0.6) is 0 Å². The number of sulfonamides is 1. The van der Waals surface area contributed by atoms with E-state index in [1.165, 1.54) is 18.2 Å². The SMILES string of the molecule is CCC(C(=O)NCCSC(C)(C)C)N(c1cc(Cl)cc(Cl)c1)S(C)(=O)=O. The first-order valence-corrected chi connectivity index (χ1v) is 11.8. The molecule has 1 unspecified atom stereocenters. The van der Waals surface area contributed by atoms with Crippen LogP contribution in [0, 0.1) is 0 Å². The van der Waals surface area contributed by atoms with Gasteiger partial charge in [0.1, 0.15) is 6.04 Å². The van der Waals surface area contributed by atoms with Gasteiger partial charge in [-0.25, -0.2) is 8.42 Å². The first-order chi connectivity index (χ1) is 11.8. The summed E-state index contributed by atoms with van der Waals surface area (Å²) in [4.78, 5) is 12.6. The van der Waals surface area contributed by atoms with Crippen molar-refractivity contribution in [2.24, 2.45) is 0 Å². The number of rotatable bonds is 8. The fraction of sp³-hybridized carbons (Fsp3) is 0.588. The van der Waals surface area contributed by atoms with Crippen LogP contribution in [0.1, 0.15) is 34.1 Å². The first-order valence-electron chi connectivity index (χ1n) is 8.22. The van der Waals surface area contributed by atoms with Crippen molar-refractivity contribution in [1.29, 1.82) is 0 Å². The van der Waals surface area contributed by atoms with E-state index < -0.39 is 16.1 Å². The predicted molar refractivity (Wildman–Crippen MR) is 113 cm³/mol. The summed E-state index contributed by atoms with van der Waals surface area (Å²) < 4.78 is 25.9. The summed E-state index contributed by atoms with van der Waals surface area (Å²) in [6.45, 7) is 8.53. The molecule has 0 radical (unpaired) electrons. The fourth-order valence-corrected chi connectivity index (χ4v) is 4.90. The van der Waals surface area contributed by atoms with Crippen molar-refractivity contribution in [3.8, 4) is 0 Å². The monoisotopic (exact) mass is 440 g/mol. The summed E-state index contributed by atoms with van der Waals surface area (Å²) in [7, 11) is -3.71. The molecule has 0 saturated heterocycles. The summed E-state index contributed by atoms with van der Waals surface area (Å²) in [6, 6.07) is 3.61. The maximum Gasteiger partial charge on any atom is 0.243 e. The van der Waals surface area contributed by atoms with Gasteiger partial charge in [-0.1, -0.05) is 50.9 Å². The van der Waals surface area contributed by atoms with Crippen LogP contribution in [0.2, 0.25) is 10.0 Å². The van der Waals surface area contributed by atoms with E-state index in [2.05, 4.69) is 26.1 Å². The minimum atomic E-state index is -3.71. The molecule has 26 heavy (non-hydrogen) atoms. The van der Waals surface area contributed by atoms with Crippen molar-refractivity contribution in [3.63, 3.8) is 0 Å². The van der Waals surface area contributed by atoms with Gasteiger partial charge in [0, 0.05) is 27.1 Å². The minimum Gasteiger partial charge on any atom is -0.353 e. The summed E-state index contributed by atoms with van der Waals surface area (Å²) in [5.41, 5.74) is 0.274. The first kappa shape index (κ1) is 23.4. The van der Waals surface area contributed by atoms with E-state index in [0.29, 0.717) is 23.0 Å². The number of halogens is 2. The topological polar surface area (TPSA) is 66.5 Å². The molecule has 148 valence electrons. The minimum absolute atomic E-state index is 0.102. The normalized spacial score (nSPS) is 13.3. The number of carbonyl (C=O) groups excluding carboxylic acids is 1. The zero-order valence-electron chi connectivity index (χ0n) is 15.7. The number of benzene rings is 1. The third-order valence-corrected chi connectivity index (χ3v) is 6.26. The Morgan fingerprint density at radius 2 is 1.77 bits per heavy atom. The molecule has 0 spiro atoms. The predicted octanol–water partition coefficient (Wildman–Crippen LogP) is 4.19. The van der Waals surface area contributed by atoms with Crippen LogP contribution < -0.4 is 9.62 Å². The zero-order chi connectivity index (χ0) is 20.1. The summed E-state index contributed by atoms with van der Waals surface area (Å²) in [6.07, 6.45) is 1.38. The maximum absolute atomic E-state index is 12.6. The van der Waals surface area contributed by atoms with Crippen LogP contribution in [0.3, 0.4) is 0 Å². The molecule has 0 fully saturated rings. The second-order valence-electron chi connectivity index (χ2n) is 6.86. The molecule has 1 atom stereocenters. The number of anilines is 1. The molecule has 1 aromatic carbocycles. The lowest BCUT2D eigenvalue weighted by Crippen LogP contribution is -2.49. The average Bonchev–Trinajstić information content (AvgIpc) is 2.45. The molecule has 0 aliphatic heterocycles. The van der Waals surface area contributed by atoms with E-state index in [4.69, 9.17) is 23.2 Å². The molecular weight excluding hydrogens is 415 g/mol. The van der Waals surface area contributed by atoms with Gasteiger partial charge in [-0.2, -0.15) is 11.8 Å². The molecule has 5 nitrogen and oxygen atoms in total. The highest BCUT2D eigenvalue weighted by Gasteiger charge is 2.31. The number of carbonyl (C=O) groups is 1. The van der Waals surface area contributed by atoms with E-state index in [-0.39, 0.29) is 16.3 Å². The highest BCUT2D eigenvalue weighted by Crippen LogP contribution is 2.29. The highest BCUT2D eigenvalue weighted by molar-refractivity contribution is 8.00. The van der Waals surface area contributed by atoms with Crippen LogP contribution in [0.4, 0.5) is 5.69 Å². The molecule has 0 aliphatic rings. The van der Waals surface area contributed by atoms with Crippen molar-refractivity contribution in [3.05, 3.63) is 28.2 Å². The smallest absolute Gasteiger partial charge is 0.243 e. The van der Waals surface area contributed by atoms with Gasteiger partial charge in [0.2, 0.25) is 15.9 Å². The summed E-state index contributed by atoms with van der Waals surface area (Å²) in [5, 5.41) is 3.43. The van der Waals surface area contributed by atoms with E-state index >= 15 is 0 Å². The summed E-state index contributed by atoms with van der Waals surface area (Å²) in [5.74, 6) is 0.400. The Bertz CT molecular complexity index is 714. The van der Waals surface area contributed by atoms with E-state index in [0.717, 1.165) is 16.3 Å². The van der Waals surface area contributed by atoms with Crippen LogP contribution >= 0.6 is 35.0 Å². The quantitative estimate of drug-likeness (QED) is 0.615. The number of amides is 1. The van der Waals surface area contributed by atoms with Gasteiger partial charge in [0.05, 0.1) is 11.9 Å². The maximum atomic E-state index is 12.6. The van der Waals surface area contributed by atoms with E-state index in [9.17, 15) is 13.2 Å². The Hall–Kier alpha value is -0.630. The molecule has 0 aliphatic carbocycles. The third kappa shape index (κ3) is 7.55. The largest absolute Gasteiger partial charge is 0.353 e. The molecule has 1 aromatic rings. The van der Waals surface area contributed by atoms with Crippen molar-refractivity contribution >= 4 is 56.6 Å². The highest BCUT2D eigenvalue weighted by atomic mass is 35.5. The van der Waals surface area contributed by atoms with Gasteiger partial charge in [-0.05, 0) is 24.6 Å². The molecule has 1 amide bonds. The van der Waals surface area contributed by atoms with Crippen molar-refractivity contribution in [2.45, 2.75) is 44.9 Å². The molecule has 0 bridgehead atoms. The Morgan fingerprint density at radius 3 is 2.19 bits per heavy atom. The van der Waals surface area contributed by atoms with Gasteiger partial charge < -0.3 is 5.32 Å². The van der Waals surface area contributed by atoms with Gasteiger partial charge in [0.25, 0.3) is 0 Å². The van der Waals surface area contributed by atoms with Gasteiger partial charge in [-0.3, -0.25) is 9.10 Å². The standard InChI is InChI=1S/C17H26Cl2N2O3S2/c1-6-15(16(22)20-7-8-25-17(2,3)4)21(26(5,23)24)14-10-12(18)9-13(19)11-14/h9-11,15H,6-8H2,1-5H3,(H,20,22). The van der Waals surface area contributed by atoms with Crippen LogP contribution in [-0.2, 0) is 14.8 Å². The van der Waals surface area contributed by atoms with Gasteiger partial charge in [0.15, 0.2) is 0 Å². The molecule has 9 heteroatoms. The molecule has 0 heterocycles. The van der Waals surface area contributed by atoms with Crippen molar-refractivity contribution in [1.82, 2.24) is 5.32 Å². The number of nitrogens with one attached hydrogen (secondary N) is 1. The number of nitrogens with zero attached hydrogens (tertiary/aromatic N) is 1. The second kappa shape index (κ2) is 9.53. The second-order valence-corrected chi connectivity index (χ2v) is 11.5. The third-order valence-electron chi connectivity index (χ3n) is 3.37. The van der Waals surface area contributed by atoms with Crippen LogP contribution in [0.15, 0.2) is 18.2 Å². The van der Waals surface area contributed by atoms with Gasteiger partial charge in [-0.15, -0.1) is 0 Å². The van der Waals surface area contributed by atoms with Crippen LogP contribution in [-0.4, -0.2) is 43.7 Å². The molecule has 0 aromatic heterocycles. The van der Waals surface area contributed by atoms with E-state index in [1.54, 1.807) is 18.7 Å². The zero-order valence-corrected chi connectivity index (χ0v) is 18.8. The lowest BCUT2D eigenvalue weighted by molar-refractivity contribution is -0.122. The lowest BCUT2D eigenvalue weighted by atomic mass is 10.2. The number of thioether (sulfide) groups is 1. The fourth-order valence-electron chi connectivity index (χ4n) is 2.38. The van der Waals surface area contributed by atoms with E-state index in [1.807, 2.05) is 0 Å². The Labute approximate surface area is 170 Å².